The molecule has 4 unspecified atom stereocenters. The van der Waals surface area contributed by atoms with Gasteiger partial charge in [-0.3, -0.25) is 13.8 Å². The zero-order valence-corrected chi connectivity index (χ0v) is 17.6. The van der Waals surface area contributed by atoms with E-state index in [0.717, 1.165) is 18.4 Å². The predicted molar refractivity (Wildman–Crippen MR) is 107 cm³/mol. The first-order valence-electron chi connectivity index (χ1n) is 9.98. The van der Waals surface area contributed by atoms with E-state index in [-0.39, 0.29) is 24.3 Å². The van der Waals surface area contributed by atoms with Crippen LogP contribution in [0.5, 0.6) is 0 Å². The topological polar surface area (TPSA) is 92.8 Å². The van der Waals surface area contributed by atoms with E-state index >= 15 is 0 Å². The maximum Gasteiger partial charge on any atom is 0.330 e. The van der Waals surface area contributed by atoms with Gasteiger partial charge in [0.25, 0.3) is 0 Å². The van der Waals surface area contributed by atoms with E-state index in [2.05, 4.69) is 5.32 Å². The van der Waals surface area contributed by atoms with Gasteiger partial charge in [-0.15, -0.1) is 0 Å². The summed E-state index contributed by atoms with van der Waals surface area (Å²) in [6.07, 6.45) is 2.01. The Balaban J connectivity index is 1.45. The highest BCUT2D eigenvalue weighted by molar-refractivity contribution is 7.87. The van der Waals surface area contributed by atoms with Gasteiger partial charge in [0.1, 0.15) is 23.6 Å². The van der Waals surface area contributed by atoms with Crippen molar-refractivity contribution in [2.75, 3.05) is 0 Å². The fraction of sp³-hybridized carbons (Fsp3) is 0.571. The van der Waals surface area contributed by atoms with Gasteiger partial charge >= 0.3 is 5.97 Å². The van der Waals surface area contributed by atoms with Crippen molar-refractivity contribution in [2.45, 2.75) is 68.3 Å². The van der Waals surface area contributed by atoms with Crippen molar-refractivity contribution in [3.05, 3.63) is 35.9 Å². The van der Waals surface area contributed by atoms with Gasteiger partial charge in [-0.05, 0) is 45.1 Å². The van der Waals surface area contributed by atoms with E-state index < -0.39 is 39.0 Å². The molecule has 2 amide bonds. The number of carbonyl (C=O) groups is 3. The molecule has 3 aliphatic rings. The fourth-order valence-electron chi connectivity index (χ4n) is 4.19. The van der Waals surface area contributed by atoms with Crippen LogP contribution in [-0.4, -0.2) is 55.2 Å². The Morgan fingerprint density at radius 1 is 1.28 bits per heavy atom. The molecule has 1 N–H and O–H groups in total. The summed E-state index contributed by atoms with van der Waals surface area (Å²) in [5.41, 5.74) is 0.831. The Kier molecular flexibility index (Phi) is 5.01. The number of amides is 2. The molecule has 4 rings (SSSR count). The van der Waals surface area contributed by atoms with Crippen molar-refractivity contribution < 1.29 is 23.3 Å². The lowest BCUT2D eigenvalue weighted by molar-refractivity contribution is -0.167. The second kappa shape index (κ2) is 7.23. The first-order chi connectivity index (χ1) is 13.7. The second-order valence-corrected chi connectivity index (χ2v) is 10.8. The normalized spacial score (nSPS) is 30.9. The first-order valence-corrected chi connectivity index (χ1v) is 11.2. The van der Waals surface area contributed by atoms with Gasteiger partial charge in [0.05, 0.1) is 22.0 Å². The lowest BCUT2D eigenvalue weighted by atomic mass is 9.95. The van der Waals surface area contributed by atoms with Gasteiger partial charge in [-0.1, -0.05) is 30.3 Å². The van der Waals surface area contributed by atoms with Crippen LogP contribution in [0.1, 0.15) is 39.2 Å². The summed E-state index contributed by atoms with van der Waals surface area (Å²) in [5.74, 6) is -0.816. The third kappa shape index (κ3) is 3.47. The van der Waals surface area contributed by atoms with Gasteiger partial charge in [0.15, 0.2) is 0 Å². The maximum atomic E-state index is 13.1. The summed E-state index contributed by atoms with van der Waals surface area (Å²) in [6.45, 7) is 5.28. The SMILES string of the molecule is CC(OC(=O)C1N2C(=O)C(NC(=O)Cc3ccccc3)[C@@H]2S(=O)C1(C)C)C1CC1. The molecule has 2 aliphatic heterocycles. The van der Waals surface area contributed by atoms with Gasteiger partial charge < -0.3 is 15.0 Å². The summed E-state index contributed by atoms with van der Waals surface area (Å²) < 4.78 is 17.7. The van der Waals surface area contributed by atoms with E-state index in [1.54, 1.807) is 13.8 Å². The van der Waals surface area contributed by atoms with Crippen LogP contribution in [0, 0.1) is 5.92 Å². The van der Waals surface area contributed by atoms with Crippen molar-refractivity contribution in [1.82, 2.24) is 10.2 Å². The van der Waals surface area contributed by atoms with Gasteiger partial charge in [0, 0.05) is 0 Å². The number of hydrogen-bond donors (Lipinski definition) is 1. The number of esters is 1. The van der Waals surface area contributed by atoms with E-state index in [1.165, 1.54) is 4.90 Å². The molecule has 7 nitrogen and oxygen atoms in total. The molecule has 5 atom stereocenters. The number of nitrogens with zero attached hydrogens (tertiary/aromatic N) is 1. The van der Waals surface area contributed by atoms with E-state index in [0.29, 0.717) is 5.92 Å². The first kappa shape index (κ1) is 20.1. The van der Waals surface area contributed by atoms with Crippen LogP contribution in [0.3, 0.4) is 0 Å². The quantitative estimate of drug-likeness (QED) is 0.552. The molecule has 1 aromatic rings. The van der Waals surface area contributed by atoms with E-state index in [9.17, 15) is 18.6 Å². The Labute approximate surface area is 172 Å². The molecule has 1 aromatic carbocycles. The maximum absolute atomic E-state index is 13.1. The molecular formula is C21H26N2O5S. The highest BCUT2D eigenvalue weighted by Gasteiger charge is 2.68. The molecule has 3 fully saturated rings. The van der Waals surface area contributed by atoms with Crippen LogP contribution in [-0.2, 0) is 36.3 Å². The number of rotatable bonds is 6. The molecule has 8 heteroatoms. The Hall–Kier alpha value is -2.22. The van der Waals surface area contributed by atoms with Crippen LogP contribution < -0.4 is 5.32 Å². The minimum atomic E-state index is -1.51. The Bertz CT molecular complexity index is 867. The smallest absolute Gasteiger partial charge is 0.330 e. The molecule has 0 aromatic heterocycles. The average molecular weight is 419 g/mol. The van der Waals surface area contributed by atoms with E-state index in [1.807, 2.05) is 37.3 Å². The number of hydrogen-bond acceptors (Lipinski definition) is 5. The molecule has 1 saturated carbocycles. The van der Waals surface area contributed by atoms with Crippen LogP contribution in [0.4, 0.5) is 0 Å². The molecule has 156 valence electrons. The molecule has 2 heterocycles. The third-order valence-electron chi connectivity index (χ3n) is 6.09. The highest BCUT2D eigenvalue weighted by Crippen LogP contribution is 2.44. The van der Waals surface area contributed by atoms with Crippen LogP contribution in [0.2, 0.25) is 0 Å². The number of carbonyl (C=O) groups excluding carboxylic acids is 3. The Morgan fingerprint density at radius 3 is 2.55 bits per heavy atom. The summed E-state index contributed by atoms with van der Waals surface area (Å²) in [5, 5.41) is 2.00. The largest absolute Gasteiger partial charge is 0.461 e. The molecular weight excluding hydrogens is 392 g/mol. The summed E-state index contributed by atoms with van der Waals surface area (Å²) in [4.78, 5) is 39.3. The van der Waals surface area contributed by atoms with Crippen LogP contribution in [0.25, 0.3) is 0 Å². The molecule has 0 spiro atoms. The minimum absolute atomic E-state index is 0.137. The van der Waals surface area contributed by atoms with Crippen LogP contribution >= 0.6 is 0 Å². The summed E-state index contributed by atoms with van der Waals surface area (Å²) >= 11 is 0. The third-order valence-corrected chi connectivity index (χ3v) is 8.29. The van der Waals surface area contributed by atoms with Gasteiger partial charge in [-0.2, -0.15) is 0 Å². The minimum Gasteiger partial charge on any atom is -0.461 e. The van der Waals surface area contributed by atoms with Crippen molar-refractivity contribution in [2.24, 2.45) is 5.92 Å². The fourth-order valence-corrected chi connectivity index (χ4v) is 6.10. The molecule has 0 radical (unpaired) electrons. The van der Waals surface area contributed by atoms with Crippen molar-refractivity contribution in [1.29, 1.82) is 0 Å². The highest BCUT2D eigenvalue weighted by atomic mass is 32.2. The van der Waals surface area contributed by atoms with Crippen molar-refractivity contribution in [3.8, 4) is 0 Å². The predicted octanol–water partition coefficient (Wildman–Crippen LogP) is 1.13. The number of nitrogens with one attached hydrogen (secondary N) is 1. The summed E-state index contributed by atoms with van der Waals surface area (Å²) in [6, 6.07) is 7.44. The standard InChI is InChI=1S/C21H26N2O5S/c1-12(14-9-10-14)28-20(26)17-21(2,3)29(27)19-16(18(25)23(17)19)22-15(24)11-13-7-5-4-6-8-13/h4-8,12,14,16-17,19H,9-11H2,1-3H3,(H,22,24)/t12?,16?,17?,19-,29?/m0/s1. The summed E-state index contributed by atoms with van der Waals surface area (Å²) in [7, 11) is -1.51. The lowest BCUT2D eigenvalue weighted by Crippen LogP contribution is -2.71. The number of fused-ring (bicyclic) bond motifs is 1. The zero-order chi connectivity index (χ0) is 20.9. The molecule has 0 bridgehead atoms. The molecule has 2 saturated heterocycles. The second-order valence-electron chi connectivity index (χ2n) is 8.63. The number of benzene rings is 1. The lowest BCUT2D eigenvalue weighted by Gasteiger charge is -2.43. The molecule has 29 heavy (non-hydrogen) atoms. The van der Waals surface area contributed by atoms with Crippen molar-refractivity contribution >= 4 is 28.6 Å². The zero-order valence-electron chi connectivity index (χ0n) is 16.8. The van der Waals surface area contributed by atoms with Crippen LogP contribution in [0.15, 0.2) is 30.3 Å². The number of β-lactam (4-membered cyclic amide) rings is 1. The van der Waals surface area contributed by atoms with E-state index in [4.69, 9.17) is 4.74 Å². The number of ether oxygens (including phenoxy) is 1. The Morgan fingerprint density at radius 2 is 1.93 bits per heavy atom. The monoisotopic (exact) mass is 418 g/mol. The van der Waals surface area contributed by atoms with Gasteiger partial charge in [-0.25, -0.2) is 4.79 Å². The molecule has 1 aliphatic carbocycles. The van der Waals surface area contributed by atoms with Crippen molar-refractivity contribution in [3.63, 3.8) is 0 Å². The average Bonchev–Trinajstić information content (AvgIpc) is 3.49. The van der Waals surface area contributed by atoms with Gasteiger partial charge in [0.2, 0.25) is 11.8 Å².